The minimum atomic E-state index is -0.00287. The maximum Gasteiger partial charge on any atom is 0.310 e. The molecule has 0 spiro atoms. The van der Waals surface area contributed by atoms with Crippen molar-refractivity contribution in [1.82, 2.24) is 10.2 Å². The topological polar surface area (TPSA) is 41.6 Å². The number of piperidine rings is 1. The Hall–Kier alpha value is -0.610. The van der Waals surface area contributed by atoms with Gasteiger partial charge in [0.05, 0.1) is 12.5 Å². The van der Waals surface area contributed by atoms with Gasteiger partial charge in [-0.05, 0) is 44.7 Å². The maximum absolute atomic E-state index is 11.8. The van der Waals surface area contributed by atoms with Crippen LogP contribution >= 0.6 is 0 Å². The molecule has 2 saturated heterocycles. The summed E-state index contributed by atoms with van der Waals surface area (Å²) in [5.41, 5.74) is 0.385. The third-order valence-corrected chi connectivity index (χ3v) is 4.19. The quantitative estimate of drug-likeness (QED) is 0.767. The van der Waals surface area contributed by atoms with Gasteiger partial charge in [0.15, 0.2) is 0 Å². The third kappa shape index (κ3) is 3.45. The number of nitrogens with zero attached hydrogens (tertiary/aromatic N) is 1. The zero-order chi connectivity index (χ0) is 13.0. The minimum Gasteiger partial charge on any atom is -0.466 e. The van der Waals surface area contributed by atoms with Crippen LogP contribution in [0.3, 0.4) is 0 Å². The van der Waals surface area contributed by atoms with Gasteiger partial charge in [-0.1, -0.05) is 6.92 Å². The Bertz CT molecular complexity index is 288. The number of carbonyl (C=O) groups is 1. The molecule has 0 aromatic rings. The molecule has 1 N–H and O–H groups in total. The number of esters is 1. The van der Waals surface area contributed by atoms with Crippen molar-refractivity contribution in [2.24, 2.45) is 11.3 Å². The number of likely N-dealkylation sites (tertiary alicyclic amines) is 1. The first-order valence-corrected chi connectivity index (χ1v) is 7.23. The van der Waals surface area contributed by atoms with Crippen LogP contribution in [0.2, 0.25) is 0 Å². The van der Waals surface area contributed by atoms with E-state index in [9.17, 15) is 4.79 Å². The number of carbonyl (C=O) groups excluding carboxylic acids is 1. The second-order valence-electron chi connectivity index (χ2n) is 6.06. The fourth-order valence-electron chi connectivity index (χ4n) is 3.20. The van der Waals surface area contributed by atoms with Gasteiger partial charge in [-0.25, -0.2) is 0 Å². The Morgan fingerprint density at radius 3 is 3.06 bits per heavy atom. The molecule has 4 heteroatoms. The Balaban J connectivity index is 1.84. The van der Waals surface area contributed by atoms with E-state index >= 15 is 0 Å². The van der Waals surface area contributed by atoms with E-state index in [2.05, 4.69) is 17.1 Å². The Labute approximate surface area is 110 Å². The van der Waals surface area contributed by atoms with Crippen LogP contribution in [0.25, 0.3) is 0 Å². The lowest BCUT2D eigenvalue weighted by Gasteiger charge is -2.36. The first-order chi connectivity index (χ1) is 8.63. The molecule has 0 bridgehead atoms. The molecule has 2 atom stereocenters. The molecule has 18 heavy (non-hydrogen) atoms. The van der Waals surface area contributed by atoms with Crippen LogP contribution in [0.5, 0.6) is 0 Å². The van der Waals surface area contributed by atoms with Gasteiger partial charge in [-0.15, -0.1) is 0 Å². The van der Waals surface area contributed by atoms with Crippen LogP contribution in [0, 0.1) is 11.3 Å². The van der Waals surface area contributed by atoms with Crippen LogP contribution in [0.4, 0.5) is 0 Å². The smallest absolute Gasteiger partial charge is 0.310 e. The van der Waals surface area contributed by atoms with Crippen LogP contribution in [0.15, 0.2) is 0 Å². The number of hydrogen-bond donors (Lipinski definition) is 1. The highest BCUT2D eigenvalue weighted by Crippen LogP contribution is 2.28. The van der Waals surface area contributed by atoms with Crippen molar-refractivity contribution < 1.29 is 9.53 Å². The van der Waals surface area contributed by atoms with Gasteiger partial charge in [0.1, 0.15) is 0 Å². The van der Waals surface area contributed by atoms with Gasteiger partial charge < -0.3 is 15.0 Å². The molecule has 1 unspecified atom stereocenters. The average molecular weight is 254 g/mol. The molecular weight excluding hydrogens is 228 g/mol. The maximum atomic E-state index is 11.8. The summed E-state index contributed by atoms with van der Waals surface area (Å²) in [4.78, 5) is 14.3. The molecule has 104 valence electrons. The van der Waals surface area contributed by atoms with E-state index in [0.717, 1.165) is 45.6 Å². The molecule has 2 aliphatic heterocycles. The molecule has 2 heterocycles. The molecule has 0 amide bonds. The second-order valence-corrected chi connectivity index (χ2v) is 6.06. The summed E-state index contributed by atoms with van der Waals surface area (Å²) in [7, 11) is 0. The molecule has 4 nitrogen and oxygen atoms in total. The molecule has 0 aliphatic carbocycles. The zero-order valence-electron chi connectivity index (χ0n) is 11.7. The highest BCUT2D eigenvalue weighted by atomic mass is 16.5. The van der Waals surface area contributed by atoms with Crippen LogP contribution < -0.4 is 5.32 Å². The first-order valence-electron chi connectivity index (χ1n) is 7.23. The molecule has 2 rings (SSSR count). The van der Waals surface area contributed by atoms with E-state index in [0.29, 0.717) is 12.0 Å². The normalized spacial score (nSPS) is 33.6. The lowest BCUT2D eigenvalue weighted by atomic mass is 9.87. The number of hydrogen-bond acceptors (Lipinski definition) is 4. The van der Waals surface area contributed by atoms with E-state index in [1.165, 1.54) is 6.42 Å². The highest BCUT2D eigenvalue weighted by molar-refractivity contribution is 5.72. The molecule has 0 radical (unpaired) electrons. The summed E-state index contributed by atoms with van der Waals surface area (Å²) < 4.78 is 5.15. The minimum absolute atomic E-state index is 0.00287. The highest BCUT2D eigenvalue weighted by Gasteiger charge is 2.34. The number of ether oxygens (including phenoxy) is 1. The van der Waals surface area contributed by atoms with E-state index in [4.69, 9.17) is 4.74 Å². The fraction of sp³-hybridized carbons (Fsp3) is 0.929. The SMILES string of the molecule is CCOC(=O)[C@H]1CCCN(CC2(C)CCNC2)C1. The van der Waals surface area contributed by atoms with Gasteiger partial charge in [0.2, 0.25) is 0 Å². The summed E-state index contributed by atoms with van der Waals surface area (Å²) in [6.07, 6.45) is 3.35. The zero-order valence-corrected chi connectivity index (χ0v) is 11.7. The average Bonchev–Trinajstić information content (AvgIpc) is 2.76. The molecular formula is C14H26N2O2. The Kier molecular flexibility index (Phi) is 4.62. The second kappa shape index (κ2) is 6.02. The van der Waals surface area contributed by atoms with Gasteiger partial charge in [0.25, 0.3) is 0 Å². The van der Waals surface area contributed by atoms with Gasteiger partial charge >= 0.3 is 5.97 Å². The van der Waals surface area contributed by atoms with Crippen LogP contribution in [0.1, 0.15) is 33.1 Å². The van der Waals surface area contributed by atoms with E-state index in [1.54, 1.807) is 0 Å². The van der Waals surface area contributed by atoms with Gasteiger partial charge in [-0.2, -0.15) is 0 Å². The van der Waals surface area contributed by atoms with Crippen molar-refractivity contribution in [3.8, 4) is 0 Å². The number of nitrogens with one attached hydrogen (secondary N) is 1. The van der Waals surface area contributed by atoms with Gasteiger partial charge in [0, 0.05) is 19.6 Å². The van der Waals surface area contributed by atoms with Crippen LogP contribution in [-0.4, -0.2) is 50.2 Å². The van der Waals surface area contributed by atoms with Crippen molar-refractivity contribution in [3.63, 3.8) is 0 Å². The molecule has 0 saturated carbocycles. The standard InChI is InChI=1S/C14H26N2O2/c1-3-18-13(17)12-5-4-8-16(9-12)11-14(2)6-7-15-10-14/h12,15H,3-11H2,1-2H3/t12-,14?/m0/s1. The van der Waals surface area contributed by atoms with E-state index in [-0.39, 0.29) is 11.9 Å². The molecule has 0 aromatic carbocycles. The summed E-state index contributed by atoms with van der Waals surface area (Å²) in [5.74, 6) is 0.0913. The summed E-state index contributed by atoms with van der Waals surface area (Å²) >= 11 is 0. The van der Waals surface area contributed by atoms with Gasteiger partial charge in [-0.3, -0.25) is 4.79 Å². The lowest BCUT2D eigenvalue weighted by molar-refractivity contribution is -0.150. The first kappa shape index (κ1) is 13.8. The van der Waals surface area contributed by atoms with E-state index < -0.39 is 0 Å². The van der Waals surface area contributed by atoms with Crippen molar-refractivity contribution in [2.75, 3.05) is 39.3 Å². The Morgan fingerprint density at radius 2 is 2.39 bits per heavy atom. The van der Waals surface area contributed by atoms with Crippen molar-refractivity contribution >= 4 is 5.97 Å². The lowest BCUT2D eigenvalue weighted by Crippen LogP contribution is -2.45. The monoisotopic (exact) mass is 254 g/mol. The molecule has 0 aromatic heterocycles. The molecule has 2 fully saturated rings. The van der Waals surface area contributed by atoms with Crippen molar-refractivity contribution in [1.29, 1.82) is 0 Å². The summed E-state index contributed by atoms with van der Waals surface area (Å²) in [6, 6.07) is 0. The summed E-state index contributed by atoms with van der Waals surface area (Å²) in [5, 5.41) is 3.44. The predicted molar refractivity (Wildman–Crippen MR) is 71.4 cm³/mol. The third-order valence-electron chi connectivity index (χ3n) is 4.19. The Morgan fingerprint density at radius 1 is 1.56 bits per heavy atom. The largest absolute Gasteiger partial charge is 0.466 e. The molecule has 2 aliphatic rings. The fourth-order valence-corrected chi connectivity index (χ4v) is 3.20. The summed E-state index contributed by atoms with van der Waals surface area (Å²) in [6.45, 7) is 10.1. The van der Waals surface area contributed by atoms with Crippen molar-refractivity contribution in [3.05, 3.63) is 0 Å². The predicted octanol–water partition coefficient (Wildman–Crippen LogP) is 1.26. The van der Waals surface area contributed by atoms with E-state index in [1.807, 2.05) is 6.92 Å². The van der Waals surface area contributed by atoms with Crippen LogP contribution in [-0.2, 0) is 9.53 Å². The number of rotatable bonds is 4. The van der Waals surface area contributed by atoms with Crippen molar-refractivity contribution in [2.45, 2.75) is 33.1 Å².